The van der Waals surface area contributed by atoms with E-state index in [4.69, 9.17) is 14.6 Å². The molecule has 0 spiro atoms. The maximum absolute atomic E-state index is 9.01. The minimum Gasteiger partial charge on any atom is -0.493 e. The van der Waals surface area contributed by atoms with Crippen LogP contribution in [0.1, 0.15) is 25.8 Å². The Morgan fingerprint density at radius 2 is 2.06 bits per heavy atom. The molecule has 0 aromatic heterocycles. The third-order valence-electron chi connectivity index (χ3n) is 2.63. The Balaban J connectivity index is 2.71. The van der Waals surface area contributed by atoms with E-state index in [0.29, 0.717) is 18.3 Å². The highest BCUT2D eigenvalue weighted by atomic mass is 16.5. The van der Waals surface area contributed by atoms with Crippen LogP contribution < -0.4 is 9.47 Å². The fraction of sp³-hybridized carbons (Fsp3) is 0.538. The molecule has 1 aromatic carbocycles. The number of ether oxygens (including phenoxy) is 2. The van der Waals surface area contributed by atoms with Gasteiger partial charge in [-0.25, -0.2) is 0 Å². The van der Waals surface area contributed by atoms with Gasteiger partial charge >= 0.3 is 0 Å². The monoisotopic (exact) mass is 224 g/mol. The molecule has 90 valence electrons. The number of hydrogen-bond donors (Lipinski definition) is 1. The van der Waals surface area contributed by atoms with Crippen LogP contribution in [0, 0.1) is 5.92 Å². The van der Waals surface area contributed by atoms with Gasteiger partial charge in [0, 0.05) is 0 Å². The van der Waals surface area contributed by atoms with Gasteiger partial charge in [-0.15, -0.1) is 0 Å². The molecule has 0 fully saturated rings. The molecule has 0 radical (unpaired) electrons. The molecule has 3 heteroatoms. The van der Waals surface area contributed by atoms with Crippen LogP contribution in [0.2, 0.25) is 0 Å². The van der Waals surface area contributed by atoms with Crippen LogP contribution in [-0.2, 0) is 6.61 Å². The van der Waals surface area contributed by atoms with Gasteiger partial charge in [-0.1, -0.05) is 26.3 Å². The SMILES string of the molecule is CCC(C)COc1ccc(CO)cc1OC. The normalized spacial score (nSPS) is 12.2. The Morgan fingerprint density at radius 1 is 1.31 bits per heavy atom. The second kappa shape index (κ2) is 6.38. The molecule has 0 bridgehead atoms. The van der Waals surface area contributed by atoms with E-state index in [1.54, 1.807) is 13.2 Å². The highest BCUT2D eigenvalue weighted by Gasteiger charge is 2.07. The molecule has 0 aliphatic rings. The predicted molar refractivity (Wildman–Crippen MR) is 63.9 cm³/mol. The first kappa shape index (κ1) is 12.8. The van der Waals surface area contributed by atoms with Crippen LogP contribution in [0.15, 0.2) is 18.2 Å². The van der Waals surface area contributed by atoms with E-state index in [-0.39, 0.29) is 6.61 Å². The fourth-order valence-corrected chi connectivity index (χ4v) is 1.28. The van der Waals surface area contributed by atoms with E-state index >= 15 is 0 Å². The molecule has 0 heterocycles. The van der Waals surface area contributed by atoms with Gasteiger partial charge in [0.15, 0.2) is 11.5 Å². The van der Waals surface area contributed by atoms with Crippen molar-refractivity contribution in [3.05, 3.63) is 23.8 Å². The lowest BCUT2D eigenvalue weighted by Gasteiger charge is -2.14. The molecule has 1 unspecified atom stereocenters. The van der Waals surface area contributed by atoms with Gasteiger partial charge in [0.25, 0.3) is 0 Å². The highest BCUT2D eigenvalue weighted by Crippen LogP contribution is 2.28. The van der Waals surface area contributed by atoms with Gasteiger partial charge in [0.2, 0.25) is 0 Å². The van der Waals surface area contributed by atoms with Crippen molar-refractivity contribution in [3.63, 3.8) is 0 Å². The summed E-state index contributed by atoms with van der Waals surface area (Å²) < 4.78 is 10.9. The third-order valence-corrected chi connectivity index (χ3v) is 2.63. The molecule has 0 saturated carbocycles. The van der Waals surface area contributed by atoms with Crippen molar-refractivity contribution in [3.8, 4) is 11.5 Å². The summed E-state index contributed by atoms with van der Waals surface area (Å²) in [5.74, 6) is 1.94. The van der Waals surface area contributed by atoms with Gasteiger partial charge in [-0.3, -0.25) is 0 Å². The van der Waals surface area contributed by atoms with Crippen molar-refractivity contribution in [1.29, 1.82) is 0 Å². The summed E-state index contributed by atoms with van der Waals surface area (Å²) in [6, 6.07) is 5.48. The van der Waals surface area contributed by atoms with Crippen LogP contribution in [0.25, 0.3) is 0 Å². The summed E-state index contributed by atoms with van der Waals surface area (Å²) in [4.78, 5) is 0. The molecule has 0 aliphatic carbocycles. The van der Waals surface area contributed by atoms with E-state index in [1.807, 2.05) is 12.1 Å². The van der Waals surface area contributed by atoms with E-state index in [1.165, 1.54) is 0 Å². The van der Waals surface area contributed by atoms with Crippen molar-refractivity contribution in [2.24, 2.45) is 5.92 Å². The summed E-state index contributed by atoms with van der Waals surface area (Å²) in [5, 5.41) is 9.01. The molecule has 1 N–H and O–H groups in total. The van der Waals surface area contributed by atoms with Crippen LogP contribution in [0.4, 0.5) is 0 Å². The Bertz CT molecular complexity index is 323. The Morgan fingerprint density at radius 3 is 2.62 bits per heavy atom. The van der Waals surface area contributed by atoms with Crippen molar-refractivity contribution in [2.75, 3.05) is 13.7 Å². The zero-order valence-electron chi connectivity index (χ0n) is 10.2. The molecule has 1 atom stereocenters. The fourth-order valence-electron chi connectivity index (χ4n) is 1.28. The van der Waals surface area contributed by atoms with E-state index < -0.39 is 0 Å². The highest BCUT2D eigenvalue weighted by molar-refractivity contribution is 5.42. The minimum atomic E-state index is 0.0159. The average molecular weight is 224 g/mol. The maximum Gasteiger partial charge on any atom is 0.161 e. The predicted octanol–water partition coefficient (Wildman–Crippen LogP) is 2.61. The zero-order valence-corrected chi connectivity index (χ0v) is 10.2. The summed E-state index contributed by atoms with van der Waals surface area (Å²) >= 11 is 0. The van der Waals surface area contributed by atoms with E-state index in [0.717, 1.165) is 17.7 Å². The van der Waals surface area contributed by atoms with Gasteiger partial charge in [0.05, 0.1) is 20.3 Å². The largest absolute Gasteiger partial charge is 0.493 e. The van der Waals surface area contributed by atoms with Crippen molar-refractivity contribution in [2.45, 2.75) is 26.9 Å². The smallest absolute Gasteiger partial charge is 0.161 e. The first-order chi connectivity index (χ1) is 7.71. The summed E-state index contributed by atoms with van der Waals surface area (Å²) in [5.41, 5.74) is 0.827. The minimum absolute atomic E-state index is 0.0159. The zero-order chi connectivity index (χ0) is 12.0. The molecule has 0 aliphatic heterocycles. The molecule has 1 aromatic rings. The number of aliphatic hydroxyl groups excluding tert-OH is 1. The van der Waals surface area contributed by atoms with Crippen molar-refractivity contribution in [1.82, 2.24) is 0 Å². The van der Waals surface area contributed by atoms with Crippen LogP contribution in [0.5, 0.6) is 11.5 Å². The first-order valence-corrected chi connectivity index (χ1v) is 5.61. The lowest BCUT2D eigenvalue weighted by Crippen LogP contribution is -2.08. The number of aliphatic hydroxyl groups is 1. The standard InChI is InChI=1S/C13H20O3/c1-4-10(2)9-16-12-6-5-11(8-14)7-13(12)15-3/h5-7,10,14H,4,8-9H2,1-3H3. The van der Waals surface area contributed by atoms with E-state index in [2.05, 4.69) is 13.8 Å². The molecular formula is C13H20O3. The lowest BCUT2D eigenvalue weighted by molar-refractivity contribution is 0.243. The van der Waals surface area contributed by atoms with E-state index in [9.17, 15) is 0 Å². The summed E-state index contributed by atoms with van der Waals surface area (Å²) in [7, 11) is 1.60. The molecular weight excluding hydrogens is 204 g/mol. The Hall–Kier alpha value is -1.22. The van der Waals surface area contributed by atoms with Crippen LogP contribution >= 0.6 is 0 Å². The third kappa shape index (κ3) is 3.42. The first-order valence-electron chi connectivity index (χ1n) is 5.61. The topological polar surface area (TPSA) is 38.7 Å². The van der Waals surface area contributed by atoms with Crippen molar-refractivity contribution >= 4 is 0 Å². The lowest BCUT2D eigenvalue weighted by atomic mass is 10.1. The number of benzene rings is 1. The quantitative estimate of drug-likeness (QED) is 0.807. The van der Waals surface area contributed by atoms with Crippen LogP contribution in [0.3, 0.4) is 0 Å². The number of rotatable bonds is 6. The Labute approximate surface area is 97.0 Å². The maximum atomic E-state index is 9.01. The molecule has 3 nitrogen and oxygen atoms in total. The molecule has 1 rings (SSSR count). The molecule has 16 heavy (non-hydrogen) atoms. The second-order valence-corrected chi connectivity index (χ2v) is 3.97. The van der Waals surface area contributed by atoms with Gasteiger partial charge in [-0.05, 0) is 23.6 Å². The average Bonchev–Trinajstić information content (AvgIpc) is 2.35. The molecule has 0 saturated heterocycles. The summed E-state index contributed by atoms with van der Waals surface area (Å²) in [6.45, 7) is 4.99. The number of hydrogen-bond acceptors (Lipinski definition) is 3. The van der Waals surface area contributed by atoms with Crippen molar-refractivity contribution < 1.29 is 14.6 Å². The summed E-state index contributed by atoms with van der Waals surface area (Å²) in [6.07, 6.45) is 1.09. The second-order valence-electron chi connectivity index (χ2n) is 3.97. The van der Waals surface area contributed by atoms with Gasteiger partial charge in [0.1, 0.15) is 0 Å². The van der Waals surface area contributed by atoms with Gasteiger partial charge in [-0.2, -0.15) is 0 Å². The number of methoxy groups -OCH3 is 1. The Kier molecular flexibility index (Phi) is 5.12. The molecule has 0 amide bonds. The van der Waals surface area contributed by atoms with Gasteiger partial charge < -0.3 is 14.6 Å². The van der Waals surface area contributed by atoms with Crippen LogP contribution in [-0.4, -0.2) is 18.8 Å².